The molecule has 1 unspecified atom stereocenters. The molecule has 3 nitrogen and oxygen atoms in total. The zero-order valence-corrected chi connectivity index (χ0v) is 8.41. The summed E-state index contributed by atoms with van der Waals surface area (Å²) in [5, 5.41) is 9.06. The molecule has 74 valence electrons. The molecule has 1 N–H and O–H groups in total. The maximum atomic E-state index is 9.06. The molecule has 0 radical (unpaired) electrons. The predicted molar refractivity (Wildman–Crippen MR) is 48.2 cm³/mol. The highest BCUT2D eigenvalue weighted by Crippen LogP contribution is 1.97. The largest absolute Gasteiger partial charge is 0.391 e. The molecule has 0 saturated carbocycles. The van der Waals surface area contributed by atoms with Crippen LogP contribution in [0.5, 0.6) is 0 Å². The van der Waals surface area contributed by atoms with Crippen LogP contribution in [0.3, 0.4) is 0 Å². The number of hydrogen-bond donors (Lipinski definition) is 1. The summed E-state index contributed by atoms with van der Waals surface area (Å²) in [7, 11) is 0. The fraction of sp³-hybridized carbons (Fsp3) is 1.00. The molecular weight excluding hydrogens is 156 g/mol. The first-order chi connectivity index (χ1) is 5.54. The zero-order valence-electron chi connectivity index (χ0n) is 8.41. The molecule has 12 heavy (non-hydrogen) atoms. The van der Waals surface area contributed by atoms with Gasteiger partial charge in [-0.15, -0.1) is 0 Å². The number of aliphatic hydroxyl groups is 1. The van der Waals surface area contributed by atoms with Crippen LogP contribution < -0.4 is 0 Å². The zero-order chi connectivity index (χ0) is 9.56. The van der Waals surface area contributed by atoms with Gasteiger partial charge >= 0.3 is 0 Å². The van der Waals surface area contributed by atoms with Gasteiger partial charge in [-0.25, -0.2) is 0 Å². The van der Waals surface area contributed by atoms with Gasteiger partial charge in [-0.3, -0.25) is 0 Å². The first-order valence-electron chi connectivity index (χ1n) is 4.45. The average Bonchev–Trinajstić information content (AvgIpc) is 1.97. The van der Waals surface area contributed by atoms with Gasteiger partial charge in [0.25, 0.3) is 0 Å². The summed E-state index contributed by atoms with van der Waals surface area (Å²) < 4.78 is 10.5. The monoisotopic (exact) mass is 176 g/mol. The highest BCUT2D eigenvalue weighted by atomic mass is 16.5. The second-order valence-corrected chi connectivity index (χ2v) is 3.24. The standard InChI is InChI=1S/C9H20O3/c1-7(2)11-5-6-12-9(4)8(3)10/h7-10H,5-6H2,1-4H3/t8-,9?/m0/s1. The minimum Gasteiger partial charge on any atom is -0.391 e. The summed E-state index contributed by atoms with van der Waals surface area (Å²) in [6.07, 6.45) is -0.278. The topological polar surface area (TPSA) is 38.7 Å². The van der Waals surface area contributed by atoms with Gasteiger partial charge in [-0.1, -0.05) is 0 Å². The Bertz CT molecular complexity index is 102. The van der Waals surface area contributed by atoms with Crippen LogP contribution >= 0.6 is 0 Å². The van der Waals surface area contributed by atoms with Crippen molar-refractivity contribution in [2.75, 3.05) is 13.2 Å². The SMILES string of the molecule is CC(C)OCCOC(C)[C@H](C)O. The van der Waals surface area contributed by atoms with Crippen molar-refractivity contribution in [2.45, 2.75) is 46.0 Å². The van der Waals surface area contributed by atoms with Crippen LogP contribution in [-0.4, -0.2) is 36.6 Å². The minimum absolute atomic E-state index is 0.110. The van der Waals surface area contributed by atoms with E-state index in [0.29, 0.717) is 13.2 Å². The normalized spacial score (nSPS) is 16.5. The van der Waals surface area contributed by atoms with Gasteiger partial charge in [0.15, 0.2) is 0 Å². The lowest BCUT2D eigenvalue weighted by atomic mass is 10.3. The van der Waals surface area contributed by atoms with Crippen LogP contribution in [0.15, 0.2) is 0 Å². The smallest absolute Gasteiger partial charge is 0.0804 e. The van der Waals surface area contributed by atoms with Crippen molar-refractivity contribution in [1.82, 2.24) is 0 Å². The second-order valence-electron chi connectivity index (χ2n) is 3.24. The Kier molecular flexibility index (Phi) is 6.34. The van der Waals surface area contributed by atoms with E-state index in [2.05, 4.69) is 0 Å². The maximum Gasteiger partial charge on any atom is 0.0804 e. The van der Waals surface area contributed by atoms with E-state index in [4.69, 9.17) is 14.6 Å². The first-order valence-corrected chi connectivity index (χ1v) is 4.45. The molecule has 0 fully saturated rings. The summed E-state index contributed by atoms with van der Waals surface area (Å²) in [5.74, 6) is 0. The third-order valence-electron chi connectivity index (χ3n) is 1.59. The van der Waals surface area contributed by atoms with E-state index in [1.165, 1.54) is 0 Å². The lowest BCUT2D eigenvalue weighted by Crippen LogP contribution is -2.24. The van der Waals surface area contributed by atoms with Crippen LogP contribution in [0.2, 0.25) is 0 Å². The van der Waals surface area contributed by atoms with E-state index in [0.717, 1.165) is 0 Å². The summed E-state index contributed by atoms with van der Waals surface area (Å²) >= 11 is 0. The molecular formula is C9H20O3. The second kappa shape index (κ2) is 6.40. The van der Waals surface area contributed by atoms with E-state index in [1.807, 2.05) is 20.8 Å². The summed E-state index contributed by atoms with van der Waals surface area (Å²) in [6, 6.07) is 0. The Hall–Kier alpha value is -0.120. The average molecular weight is 176 g/mol. The van der Waals surface area contributed by atoms with E-state index >= 15 is 0 Å². The van der Waals surface area contributed by atoms with E-state index in [1.54, 1.807) is 6.92 Å². The summed E-state index contributed by atoms with van der Waals surface area (Å²) in [5.41, 5.74) is 0. The van der Waals surface area contributed by atoms with Crippen LogP contribution in [0.1, 0.15) is 27.7 Å². The number of hydrogen-bond acceptors (Lipinski definition) is 3. The molecule has 0 amide bonds. The van der Waals surface area contributed by atoms with E-state index < -0.39 is 6.10 Å². The molecule has 0 bridgehead atoms. The van der Waals surface area contributed by atoms with Crippen LogP contribution in [-0.2, 0) is 9.47 Å². The molecule has 0 rings (SSSR count). The highest BCUT2D eigenvalue weighted by Gasteiger charge is 2.07. The third-order valence-corrected chi connectivity index (χ3v) is 1.59. The fourth-order valence-corrected chi connectivity index (χ4v) is 0.657. The molecule has 0 aromatic rings. The highest BCUT2D eigenvalue weighted by molar-refractivity contribution is 4.56. The molecule has 0 aliphatic rings. The number of ether oxygens (including phenoxy) is 2. The van der Waals surface area contributed by atoms with E-state index in [9.17, 15) is 0 Å². The van der Waals surface area contributed by atoms with Gasteiger partial charge in [0.05, 0.1) is 31.5 Å². The molecule has 0 aromatic heterocycles. The number of rotatable bonds is 6. The maximum absolute atomic E-state index is 9.06. The molecule has 0 spiro atoms. The molecule has 0 aliphatic carbocycles. The van der Waals surface area contributed by atoms with Crippen molar-refractivity contribution in [2.24, 2.45) is 0 Å². The lowest BCUT2D eigenvalue weighted by Gasteiger charge is -2.16. The van der Waals surface area contributed by atoms with Gasteiger partial charge in [0, 0.05) is 0 Å². The van der Waals surface area contributed by atoms with Crippen molar-refractivity contribution in [3.63, 3.8) is 0 Å². The Morgan fingerprint density at radius 2 is 1.50 bits per heavy atom. The van der Waals surface area contributed by atoms with Gasteiger partial charge in [0.1, 0.15) is 0 Å². The lowest BCUT2D eigenvalue weighted by molar-refractivity contribution is -0.0487. The van der Waals surface area contributed by atoms with Crippen LogP contribution in [0, 0.1) is 0 Å². The molecule has 0 aliphatic heterocycles. The van der Waals surface area contributed by atoms with Crippen molar-refractivity contribution < 1.29 is 14.6 Å². The summed E-state index contributed by atoms with van der Waals surface area (Å²) in [6.45, 7) is 8.67. The van der Waals surface area contributed by atoms with Gasteiger partial charge in [-0.05, 0) is 27.7 Å². The van der Waals surface area contributed by atoms with Gasteiger partial charge < -0.3 is 14.6 Å². The Morgan fingerprint density at radius 1 is 1.00 bits per heavy atom. The van der Waals surface area contributed by atoms with E-state index in [-0.39, 0.29) is 12.2 Å². The van der Waals surface area contributed by atoms with Gasteiger partial charge in [-0.2, -0.15) is 0 Å². The Morgan fingerprint density at radius 3 is 1.92 bits per heavy atom. The van der Waals surface area contributed by atoms with Crippen LogP contribution in [0.25, 0.3) is 0 Å². The minimum atomic E-state index is -0.413. The molecule has 2 atom stereocenters. The Balaban J connectivity index is 3.20. The van der Waals surface area contributed by atoms with Crippen molar-refractivity contribution in [1.29, 1.82) is 0 Å². The molecule has 3 heteroatoms. The van der Waals surface area contributed by atoms with Crippen LogP contribution in [0.4, 0.5) is 0 Å². The van der Waals surface area contributed by atoms with Crippen molar-refractivity contribution >= 4 is 0 Å². The fourth-order valence-electron chi connectivity index (χ4n) is 0.657. The first kappa shape index (κ1) is 11.9. The third kappa shape index (κ3) is 6.58. The Labute approximate surface area is 74.7 Å². The van der Waals surface area contributed by atoms with Crippen molar-refractivity contribution in [3.05, 3.63) is 0 Å². The molecule has 0 heterocycles. The van der Waals surface area contributed by atoms with Crippen molar-refractivity contribution in [3.8, 4) is 0 Å². The summed E-state index contributed by atoms with van der Waals surface area (Å²) in [4.78, 5) is 0. The molecule has 0 saturated heterocycles. The number of aliphatic hydroxyl groups excluding tert-OH is 1. The quantitative estimate of drug-likeness (QED) is 0.618. The molecule has 0 aromatic carbocycles. The van der Waals surface area contributed by atoms with Gasteiger partial charge in [0.2, 0.25) is 0 Å². The predicted octanol–water partition coefficient (Wildman–Crippen LogP) is 1.20.